The number of rotatable bonds is 3. The van der Waals surface area contributed by atoms with E-state index in [1.165, 1.54) is 0 Å². The number of hydrogen-bond donors (Lipinski definition) is 2. The first-order chi connectivity index (χ1) is 12.8. The molecule has 0 unspecified atom stereocenters. The Morgan fingerprint density at radius 3 is 2.41 bits per heavy atom. The van der Waals surface area contributed by atoms with E-state index in [2.05, 4.69) is 9.97 Å². The molecule has 0 bridgehead atoms. The summed E-state index contributed by atoms with van der Waals surface area (Å²) in [4.78, 5) is 47.3. The molecular weight excluding hydrogens is 348 g/mol. The van der Waals surface area contributed by atoms with E-state index in [1.807, 2.05) is 13.8 Å². The second-order valence-corrected chi connectivity index (χ2v) is 7.87. The number of fused-ring (bicyclic) bond motifs is 1. The van der Waals surface area contributed by atoms with Crippen LogP contribution in [0.5, 0.6) is 0 Å². The number of carbonyl (C=O) groups excluding carboxylic acids is 2. The zero-order valence-electron chi connectivity index (χ0n) is 15.3. The summed E-state index contributed by atoms with van der Waals surface area (Å²) in [6.07, 6.45) is 1.59. The molecule has 0 radical (unpaired) electrons. The van der Waals surface area contributed by atoms with Crippen LogP contribution in [0.25, 0.3) is 11.0 Å². The summed E-state index contributed by atoms with van der Waals surface area (Å²) in [5.41, 5.74) is 1.70. The van der Waals surface area contributed by atoms with Crippen molar-refractivity contribution in [2.24, 2.45) is 17.3 Å². The van der Waals surface area contributed by atoms with Crippen molar-refractivity contribution in [1.82, 2.24) is 19.8 Å². The molecule has 4 rings (SSSR count). The average Bonchev–Trinajstić information content (AvgIpc) is 3.00. The number of carboxylic acid groups (broad SMARTS) is 1. The molecule has 2 N–H and O–H groups in total. The molecule has 1 aromatic heterocycles. The lowest BCUT2D eigenvalue weighted by Gasteiger charge is -2.35. The summed E-state index contributed by atoms with van der Waals surface area (Å²) >= 11 is 0. The van der Waals surface area contributed by atoms with Crippen LogP contribution in [0.4, 0.5) is 0 Å². The largest absolute Gasteiger partial charge is 0.481 e. The highest BCUT2D eigenvalue weighted by molar-refractivity contribution is 5.97. The van der Waals surface area contributed by atoms with Gasteiger partial charge in [-0.3, -0.25) is 14.4 Å². The second kappa shape index (κ2) is 6.07. The van der Waals surface area contributed by atoms with Crippen molar-refractivity contribution in [1.29, 1.82) is 0 Å². The highest BCUT2D eigenvalue weighted by Gasteiger charge is 2.66. The summed E-state index contributed by atoms with van der Waals surface area (Å²) in [5.74, 6) is -2.20. The highest BCUT2D eigenvalue weighted by atomic mass is 16.4. The lowest BCUT2D eigenvalue weighted by Crippen LogP contribution is -2.51. The molecule has 1 aromatic carbocycles. The van der Waals surface area contributed by atoms with Crippen LogP contribution >= 0.6 is 0 Å². The predicted octanol–water partition coefficient (Wildman–Crippen LogP) is 1.20. The third-order valence-corrected chi connectivity index (χ3v) is 5.91. The molecule has 2 heterocycles. The first kappa shape index (κ1) is 17.5. The van der Waals surface area contributed by atoms with Gasteiger partial charge in [0.1, 0.15) is 0 Å². The maximum atomic E-state index is 12.7. The number of carboxylic acids is 1. The zero-order valence-corrected chi connectivity index (χ0v) is 15.3. The van der Waals surface area contributed by atoms with Gasteiger partial charge in [0.2, 0.25) is 5.91 Å². The number of amides is 2. The molecule has 8 nitrogen and oxygen atoms in total. The van der Waals surface area contributed by atoms with Gasteiger partial charge >= 0.3 is 5.97 Å². The fourth-order valence-corrected chi connectivity index (χ4v) is 4.14. The highest BCUT2D eigenvalue weighted by Crippen LogP contribution is 2.59. The normalized spacial score (nSPS) is 24.1. The van der Waals surface area contributed by atoms with E-state index >= 15 is 0 Å². The zero-order chi connectivity index (χ0) is 19.3. The molecule has 2 amide bonds. The Balaban J connectivity index is 1.39. The summed E-state index contributed by atoms with van der Waals surface area (Å²) in [7, 11) is 0. The van der Waals surface area contributed by atoms with E-state index in [4.69, 9.17) is 0 Å². The SMILES string of the molecule is CC1(C)[C@H](C(=O)O)[C@@H]1C(=O)N1CCN(C(=O)c2ccc3nc[nH]c3c2)CC1. The predicted molar refractivity (Wildman–Crippen MR) is 97.0 cm³/mol. The summed E-state index contributed by atoms with van der Waals surface area (Å²) in [6.45, 7) is 5.37. The van der Waals surface area contributed by atoms with Gasteiger partial charge in [-0.05, 0) is 23.6 Å². The Kier molecular flexibility index (Phi) is 3.94. The fourth-order valence-electron chi connectivity index (χ4n) is 4.14. The summed E-state index contributed by atoms with van der Waals surface area (Å²) in [6, 6.07) is 5.35. The van der Waals surface area contributed by atoms with Gasteiger partial charge in [0.25, 0.3) is 5.91 Å². The van der Waals surface area contributed by atoms with Crippen LogP contribution < -0.4 is 0 Å². The topological polar surface area (TPSA) is 107 Å². The summed E-state index contributed by atoms with van der Waals surface area (Å²) in [5, 5.41) is 9.28. The number of nitrogens with zero attached hydrogens (tertiary/aromatic N) is 3. The van der Waals surface area contributed by atoms with E-state index in [-0.39, 0.29) is 11.8 Å². The molecule has 142 valence electrons. The van der Waals surface area contributed by atoms with Crippen LogP contribution in [0.1, 0.15) is 24.2 Å². The fraction of sp³-hybridized carbons (Fsp3) is 0.474. The number of aromatic nitrogens is 2. The Morgan fingerprint density at radius 2 is 1.78 bits per heavy atom. The number of hydrogen-bond acceptors (Lipinski definition) is 4. The van der Waals surface area contributed by atoms with Crippen molar-refractivity contribution in [2.45, 2.75) is 13.8 Å². The first-order valence-corrected chi connectivity index (χ1v) is 9.04. The van der Waals surface area contributed by atoms with Crippen LogP contribution in [0.3, 0.4) is 0 Å². The summed E-state index contributed by atoms with van der Waals surface area (Å²) < 4.78 is 0. The van der Waals surface area contributed by atoms with Crippen LogP contribution in [0.15, 0.2) is 24.5 Å². The molecule has 1 aliphatic heterocycles. The molecule has 8 heteroatoms. The minimum Gasteiger partial charge on any atom is -0.481 e. The number of H-pyrrole nitrogens is 1. The lowest BCUT2D eigenvalue weighted by atomic mass is 10.1. The third-order valence-electron chi connectivity index (χ3n) is 5.91. The quantitative estimate of drug-likeness (QED) is 0.844. The van der Waals surface area contributed by atoms with E-state index in [0.717, 1.165) is 11.0 Å². The molecular formula is C19H22N4O4. The van der Waals surface area contributed by atoms with Crippen molar-refractivity contribution in [3.05, 3.63) is 30.1 Å². The van der Waals surface area contributed by atoms with Crippen LogP contribution in [0.2, 0.25) is 0 Å². The number of aromatic amines is 1. The lowest BCUT2D eigenvalue weighted by molar-refractivity contribution is -0.142. The molecule has 1 aliphatic carbocycles. The van der Waals surface area contributed by atoms with Crippen molar-refractivity contribution in [2.75, 3.05) is 26.2 Å². The van der Waals surface area contributed by atoms with Gasteiger partial charge in [0.15, 0.2) is 0 Å². The van der Waals surface area contributed by atoms with Gasteiger partial charge in [0.05, 0.1) is 29.2 Å². The minimum absolute atomic E-state index is 0.0752. The van der Waals surface area contributed by atoms with Crippen molar-refractivity contribution >= 4 is 28.8 Å². The Labute approximate surface area is 156 Å². The molecule has 1 saturated carbocycles. The van der Waals surface area contributed by atoms with Crippen LogP contribution in [-0.4, -0.2) is 68.8 Å². The van der Waals surface area contributed by atoms with Crippen molar-refractivity contribution in [3.63, 3.8) is 0 Å². The number of imidazole rings is 1. The maximum absolute atomic E-state index is 12.7. The molecule has 2 fully saturated rings. The van der Waals surface area contributed by atoms with E-state index in [1.54, 1.807) is 34.3 Å². The molecule has 2 atom stereocenters. The molecule has 1 saturated heterocycles. The van der Waals surface area contributed by atoms with Crippen LogP contribution in [0, 0.1) is 17.3 Å². The Hall–Kier alpha value is -2.90. The number of carbonyl (C=O) groups is 3. The van der Waals surface area contributed by atoms with E-state index in [9.17, 15) is 19.5 Å². The van der Waals surface area contributed by atoms with E-state index in [0.29, 0.717) is 31.7 Å². The van der Waals surface area contributed by atoms with Gasteiger partial charge in [-0.15, -0.1) is 0 Å². The van der Waals surface area contributed by atoms with Crippen molar-refractivity contribution < 1.29 is 19.5 Å². The monoisotopic (exact) mass is 370 g/mol. The van der Waals surface area contributed by atoms with Gasteiger partial charge in [-0.1, -0.05) is 13.8 Å². The second-order valence-electron chi connectivity index (χ2n) is 7.87. The van der Waals surface area contributed by atoms with Gasteiger partial charge in [0, 0.05) is 31.7 Å². The number of piperazine rings is 1. The number of aliphatic carboxylic acids is 1. The molecule has 2 aliphatic rings. The smallest absolute Gasteiger partial charge is 0.307 e. The van der Waals surface area contributed by atoms with Gasteiger partial charge < -0.3 is 19.9 Å². The first-order valence-electron chi connectivity index (χ1n) is 9.04. The third kappa shape index (κ3) is 2.85. The van der Waals surface area contributed by atoms with Gasteiger partial charge in [-0.25, -0.2) is 4.98 Å². The van der Waals surface area contributed by atoms with Crippen molar-refractivity contribution in [3.8, 4) is 0 Å². The number of benzene rings is 1. The van der Waals surface area contributed by atoms with Crippen LogP contribution in [-0.2, 0) is 9.59 Å². The molecule has 27 heavy (non-hydrogen) atoms. The maximum Gasteiger partial charge on any atom is 0.307 e. The number of nitrogens with one attached hydrogen (secondary N) is 1. The minimum atomic E-state index is -0.915. The Morgan fingerprint density at radius 1 is 1.11 bits per heavy atom. The molecule has 2 aromatic rings. The molecule has 0 spiro atoms. The van der Waals surface area contributed by atoms with E-state index < -0.39 is 23.2 Å². The Bertz CT molecular complexity index is 927. The average molecular weight is 370 g/mol. The van der Waals surface area contributed by atoms with Gasteiger partial charge in [-0.2, -0.15) is 0 Å². The standard InChI is InChI=1S/C19H22N4O4/c1-19(2)14(15(19)18(26)27)17(25)23-7-5-22(6-8-23)16(24)11-3-4-12-13(9-11)21-10-20-12/h3-4,9-10,14-15H,5-8H2,1-2H3,(H,20,21)(H,26,27)/t14-,15+/m1/s1.